The molecule has 1 saturated heterocycles. The lowest BCUT2D eigenvalue weighted by molar-refractivity contribution is -0.117. The first kappa shape index (κ1) is 19.1. The van der Waals surface area contributed by atoms with Crippen LogP contribution in [0.15, 0.2) is 40.9 Å². The minimum Gasteiger partial charge on any atom is -0.493 e. The second kappa shape index (κ2) is 7.90. The number of hydrogen-bond donors (Lipinski definition) is 0. The van der Waals surface area contributed by atoms with E-state index in [0.717, 1.165) is 21.8 Å². The summed E-state index contributed by atoms with van der Waals surface area (Å²) in [6.45, 7) is 0. The van der Waals surface area contributed by atoms with Crippen molar-refractivity contribution in [2.75, 3.05) is 19.1 Å². The summed E-state index contributed by atoms with van der Waals surface area (Å²) in [5, 5.41) is -0.252. The second-order valence-electron chi connectivity index (χ2n) is 5.53. The smallest absolute Gasteiger partial charge is 0.293 e. The molecule has 0 aromatic heterocycles. The van der Waals surface area contributed by atoms with Gasteiger partial charge < -0.3 is 9.47 Å². The highest BCUT2D eigenvalue weighted by Crippen LogP contribution is 2.38. The van der Waals surface area contributed by atoms with Crippen LogP contribution in [0.25, 0.3) is 0 Å². The van der Waals surface area contributed by atoms with Gasteiger partial charge in [0.25, 0.3) is 5.24 Å². The minimum absolute atomic E-state index is 0.246. The third kappa shape index (κ3) is 3.70. The zero-order chi connectivity index (χ0) is 18.8. The van der Waals surface area contributed by atoms with Crippen molar-refractivity contribution in [2.45, 2.75) is 11.7 Å². The molecule has 3 rings (SSSR count). The van der Waals surface area contributed by atoms with E-state index >= 15 is 0 Å². The number of thioether (sulfide) groups is 1. The molecule has 136 valence electrons. The molecule has 0 bridgehead atoms. The zero-order valence-electron chi connectivity index (χ0n) is 14.0. The predicted octanol–water partition coefficient (Wildman–Crippen LogP) is 4.93. The van der Waals surface area contributed by atoms with Crippen LogP contribution in [0.3, 0.4) is 0 Å². The summed E-state index contributed by atoms with van der Waals surface area (Å²) in [6.07, 6.45) is 0.389. The van der Waals surface area contributed by atoms with Gasteiger partial charge in [-0.3, -0.25) is 9.59 Å². The fourth-order valence-corrected chi connectivity index (χ4v) is 4.29. The molecule has 0 N–H and O–H groups in total. The third-order valence-electron chi connectivity index (χ3n) is 3.96. The van der Waals surface area contributed by atoms with Crippen LogP contribution in [0, 0.1) is 0 Å². The summed E-state index contributed by atoms with van der Waals surface area (Å²) < 4.78 is 11.4. The molecule has 8 heteroatoms. The van der Waals surface area contributed by atoms with Gasteiger partial charge in [0.15, 0.2) is 11.5 Å². The van der Waals surface area contributed by atoms with Crippen LogP contribution in [0.2, 0.25) is 5.02 Å². The minimum atomic E-state index is -0.507. The topological polar surface area (TPSA) is 55.8 Å². The van der Waals surface area contributed by atoms with Crippen LogP contribution in [0.5, 0.6) is 11.5 Å². The van der Waals surface area contributed by atoms with E-state index in [4.69, 9.17) is 21.1 Å². The molecule has 1 aliphatic heterocycles. The maximum absolute atomic E-state index is 12.8. The Kier molecular flexibility index (Phi) is 5.79. The Bertz CT molecular complexity index is 859. The Morgan fingerprint density at radius 1 is 1.12 bits per heavy atom. The Balaban J connectivity index is 1.84. The number of ether oxygens (including phenoxy) is 2. The summed E-state index contributed by atoms with van der Waals surface area (Å²) in [5.41, 5.74) is 1.38. The molecule has 5 nitrogen and oxygen atoms in total. The number of carbonyl (C=O) groups is 2. The first-order valence-electron chi connectivity index (χ1n) is 7.65. The van der Waals surface area contributed by atoms with E-state index in [1.165, 1.54) is 4.90 Å². The Hall–Kier alpha value is -1.70. The van der Waals surface area contributed by atoms with E-state index in [1.807, 2.05) is 6.07 Å². The first-order chi connectivity index (χ1) is 12.4. The SMILES string of the molecule is COc1cc(Br)c(C[C@@H]2SC(=O)N(c3ccc(Cl)cc3)C2=O)cc1OC. The molecule has 26 heavy (non-hydrogen) atoms. The standard InChI is InChI=1S/C18H15BrClNO4S/c1-24-14-7-10(13(19)9-15(14)25-2)8-16-17(22)21(18(23)26-16)12-5-3-11(20)4-6-12/h3-7,9,16H,8H2,1-2H3/t16-/m0/s1. The highest BCUT2D eigenvalue weighted by Gasteiger charge is 2.40. The number of halogens is 2. The summed E-state index contributed by atoms with van der Waals surface area (Å²) in [7, 11) is 3.11. The van der Waals surface area contributed by atoms with Crippen LogP contribution in [0.1, 0.15) is 5.56 Å². The molecule has 0 aliphatic carbocycles. The Morgan fingerprint density at radius 2 is 1.73 bits per heavy atom. The maximum Gasteiger partial charge on any atom is 0.293 e. The summed E-state index contributed by atoms with van der Waals surface area (Å²) in [4.78, 5) is 26.3. The van der Waals surface area contributed by atoms with Gasteiger partial charge in [0, 0.05) is 9.50 Å². The number of anilines is 1. The van der Waals surface area contributed by atoms with Crippen LogP contribution in [-0.4, -0.2) is 30.6 Å². The molecule has 0 unspecified atom stereocenters. The van der Waals surface area contributed by atoms with E-state index in [2.05, 4.69) is 15.9 Å². The number of amides is 2. The average molecular weight is 457 g/mol. The highest BCUT2D eigenvalue weighted by atomic mass is 79.9. The Morgan fingerprint density at radius 3 is 2.35 bits per heavy atom. The van der Waals surface area contributed by atoms with Crippen molar-refractivity contribution in [3.8, 4) is 11.5 Å². The summed E-state index contributed by atoms with van der Waals surface area (Å²) in [6, 6.07) is 10.2. The number of imide groups is 1. The highest BCUT2D eigenvalue weighted by molar-refractivity contribution is 9.10. The van der Waals surface area contributed by atoms with Crippen molar-refractivity contribution >= 4 is 56.1 Å². The molecule has 1 fully saturated rings. The largest absolute Gasteiger partial charge is 0.493 e. The number of rotatable bonds is 5. The number of benzene rings is 2. The van der Waals surface area contributed by atoms with Gasteiger partial charge in [-0.25, -0.2) is 4.90 Å². The summed E-state index contributed by atoms with van der Waals surface area (Å²) >= 11 is 10.4. The molecule has 1 aliphatic rings. The molecule has 2 amide bonds. The van der Waals surface area contributed by atoms with E-state index < -0.39 is 5.25 Å². The lowest BCUT2D eigenvalue weighted by Crippen LogP contribution is -2.32. The van der Waals surface area contributed by atoms with Gasteiger partial charge in [-0.2, -0.15) is 0 Å². The fraction of sp³-hybridized carbons (Fsp3) is 0.222. The fourth-order valence-electron chi connectivity index (χ4n) is 2.66. The van der Waals surface area contributed by atoms with Crippen LogP contribution < -0.4 is 14.4 Å². The van der Waals surface area contributed by atoms with Gasteiger partial charge in [-0.05, 0) is 48.4 Å². The van der Waals surface area contributed by atoms with Crippen molar-refractivity contribution < 1.29 is 19.1 Å². The number of carbonyl (C=O) groups excluding carboxylic acids is 2. The predicted molar refractivity (Wildman–Crippen MR) is 107 cm³/mol. The molecule has 0 spiro atoms. The van der Waals surface area contributed by atoms with E-state index in [0.29, 0.717) is 28.6 Å². The molecule has 1 heterocycles. The molecular formula is C18H15BrClNO4S. The van der Waals surface area contributed by atoms with Crippen LogP contribution in [0.4, 0.5) is 10.5 Å². The van der Waals surface area contributed by atoms with Crippen LogP contribution in [-0.2, 0) is 11.2 Å². The number of hydrogen-bond acceptors (Lipinski definition) is 5. The van der Waals surface area contributed by atoms with Gasteiger partial charge in [0.1, 0.15) is 0 Å². The maximum atomic E-state index is 12.8. The van der Waals surface area contributed by atoms with E-state index in [1.54, 1.807) is 44.6 Å². The van der Waals surface area contributed by atoms with Crippen LogP contribution >= 0.6 is 39.3 Å². The molecule has 2 aromatic carbocycles. The molecule has 0 radical (unpaired) electrons. The van der Waals surface area contributed by atoms with E-state index in [-0.39, 0.29) is 11.1 Å². The molecule has 2 aromatic rings. The van der Waals surface area contributed by atoms with Gasteiger partial charge >= 0.3 is 0 Å². The van der Waals surface area contributed by atoms with Crippen molar-refractivity contribution in [1.29, 1.82) is 0 Å². The third-order valence-corrected chi connectivity index (χ3v) is 5.99. The van der Waals surface area contributed by atoms with E-state index in [9.17, 15) is 9.59 Å². The molecular weight excluding hydrogens is 442 g/mol. The van der Waals surface area contributed by atoms with Gasteiger partial charge in [0.2, 0.25) is 5.91 Å². The van der Waals surface area contributed by atoms with Crippen molar-refractivity contribution in [3.63, 3.8) is 0 Å². The monoisotopic (exact) mass is 455 g/mol. The zero-order valence-corrected chi connectivity index (χ0v) is 17.2. The van der Waals surface area contributed by atoms with Gasteiger partial charge in [-0.15, -0.1) is 0 Å². The lowest BCUT2D eigenvalue weighted by atomic mass is 10.1. The first-order valence-corrected chi connectivity index (χ1v) is 9.70. The quantitative estimate of drug-likeness (QED) is 0.638. The normalized spacial score (nSPS) is 16.9. The number of methoxy groups -OCH3 is 2. The van der Waals surface area contributed by atoms with Crippen molar-refractivity contribution in [1.82, 2.24) is 0 Å². The van der Waals surface area contributed by atoms with Crippen molar-refractivity contribution in [2.24, 2.45) is 0 Å². The van der Waals surface area contributed by atoms with Crippen molar-refractivity contribution in [3.05, 3.63) is 51.5 Å². The van der Waals surface area contributed by atoms with Gasteiger partial charge in [0.05, 0.1) is 25.2 Å². The lowest BCUT2D eigenvalue weighted by Gasteiger charge is -2.15. The average Bonchev–Trinajstić information content (AvgIpc) is 2.90. The second-order valence-corrected chi connectivity index (χ2v) is 7.97. The molecule has 0 saturated carbocycles. The number of nitrogens with zero attached hydrogens (tertiary/aromatic N) is 1. The van der Waals surface area contributed by atoms with Gasteiger partial charge in [-0.1, -0.05) is 39.3 Å². The Labute approximate surface area is 168 Å². The molecule has 1 atom stereocenters. The summed E-state index contributed by atoms with van der Waals surface area (Å²) in [5.74, 6) is 0.915.